The first-order valence-electron chi connectivity index (χ1n) is 4.22. The number of methoxy groups -OCH3 is 1. The number of aliphatic hydroxyl groups is 2. The van der Waals surface area contributed by atoms with Gasteiger partial charge in [0.05, 0.1) is 4.90 Å². The fourth-order valence-electron chi connectivity index (χ4n) is 0.694. The molecule has 0 amide bonds. The Morgan fingerprint density at radius 2 is 1.76 bits per heavy atom. The Kier molecular flexibility index (Phi) is 6.95. The quantitative estimate of drug-likeness (QED) is 0.435. The van der Waals surface area contributed by atoms with Crippen molar-refractivity contribution in [2.75, 3.05) is 7.11 Å². The molecule has 0 aliphatic rings. The fraction of sp³-hybridized carbons (Fsp3) is 0.222. The van der Waals surface area contributed by atoms with E-state index in [-0.39, 0.29) is 4.90 Å². The molecule has 0 aliphatic heterocycles. The SMILES string of the molecule is COC(O)O.O=C=NS(=O)(=O)c1ccccc1. The number of nitrogens with zero attached hydrogens (tertiary/aromatic N) is 1. The normalized spacial score (nSPS) is 10.1. The van der Waals surface area contributed by atoms with Gasteiger partial charge in [0.15, 0.2) is 0 Å². The Balaban J connectivity index is 0.000000437. The summed E-state index contributed by atoms with van der Waals surface area (Å²) < 4.78 is 28.6. The largest absolute Gasteiger partial charge is 0.346 e. The average molecular weight is 261 g/mol. The van der Waals surface area contributed by atoms with Crippen LogP contribution in [0.5, 0.6) is 0 Å². The highest BCUT2D eigenvalue weighted by Gasteiger charge is 2.10. The van der Waals surface area contributed by atoms with Crippen LogP contribution in [0.1, 0.15) is 0 Å². The molecule has 7 nitrogen and oxygen atoms in total. The third-order valence-corrected chi connectivity index (χ3v) is 2.59. The third-order valence-electron chi connectivity index (χ3n) is 1.41. The van der Waals surface area contributed by atoms with E-state index < -0.39 is 16.5 Å². The van der Waals surface area contributed by atoms with Crippen LogP contribution in [0.25, 0.3) is 0 Å². The molecule has 0 spiro atoms. The van der Waals surface area contributed by atoms with Gasteiger partial charge in [0.25, 0.3) is 22.6 Å². The van der Waals surface area contributed by atoms with Crippen molar-refractivity contribution >= 4 is 16.1 Å². The maximum atomic E-state index is 11.0. The predicted octanol–water partition coefficient (Wildman–Crippen LogP) is -0.388. The molecule has 2 N–H and O–H groups in total. The first kappa shape index (κ1) is 15.4. The molecule has 8 heteroatoms. The van der Waals surface area contributed by atoms with E-state index in [4.69, 9.17) is 10.2 Å². The molecule has 0 aliphatic carbocycles. The molecule has 0 saturated heterocycles. The molecular weight excluding hydrogens is 250 g/mol. The summed E-state index contributed by atoms with van der Waals surface area (Å²) in [6.07, 6.45) is 0.993. The minimum Gasteiger partial charge on any atom is -0.346 e. The number of hydrogen-bond acceptors (Lipinski definition) is 6. The van der Waals surface area contributed by atoms with Gasteiger partial charge < -0.3 is 14.9 Å². The monoisotopic (exact) mass is 261 g/mol. The van der Waals surface area contributed by atoms with Gasteiger partial charge in [-0.1, -0.05) is 22.6 Å². The van der Waals surface area contributed by atoms with Gasteiger partial charge in [-0.2, -0.15) is 8.42 Å². The molecule has 0 fully saturated rings. The third kappa shape index (κ3) is 6.56. The van der Waals surface area contributed by atoms with Crippen LogP contribution in [0.3, 0.4) is 0 Å². The number of aliphatic hydroxyl groups excluding tert-OH is 1. The molecule has 0 saturated carbocycles. The fourth-order valence-corrected chi connectivity index (χ4v) is 1.40. The van der Waals surface area contributed by atoms with Crippen molar-refractivity contribution in [3.63, 3.8) is 0 Å². The molecule has 17 heavy (non-hydrogen) atoms. The van der Waals surface area contributed by atoms with Gasteiger partial charge >= 0.3 is 0 Å². The molecule has 0 radical (unpaired) electrons. The summed E-state index contributed by atoms with van der Waals surface area (Å²) >= 11 is 0. The lowest BCUT2D eigenvalue weighted by Crippen LogP contribution is -2.04. The van der Waals surface area contributed by atoms with Crippen molar-refractivity contribution in [2.45, 2.75) is 11.4 Å². The van der Waals surface area contributed by atoms with Crippen LogP contribution in [-0.4, -0.2) is 38.3 Å². The number of benzene rings is 1. The Bertz CT molecular complexity index is 464. The van der Waals surface area contributed by atoms with Crippen molar-refractivity contribution in [1.29, 1.82) is 0 Å². The minimum absolute atomic E-state index is 0.00616. The van der Waals surface area contributed by atoms with Crippen LogP contribution < -0.4 is 0 Å². The summed E-state index contributed by atoms with van der Waals surface area (Å²) in [5.74, 6) is 0. The van der Waals surface area contributed by atoms with Gasteiger partial charge in [0.1, 0.15) is 0 Å². The second-order valence-corrected chi connectivity index (χ2v) is 4.14. The highest BCUT2D eigenvalue weighted by molar-refractivity contribution is 7.90. The lowest BCUT2D eigenvalue weighted by molar-refractivity contribution is -0.218. The van der Waals surface area contributed by atoms with Crippen molar-refractivity contribution in [1.82, 2.24) is 0 Å². The zero-order valence-electron chi connectivity index (χ0n) is 8.85. The number of carbonyl (C=O) groups excluding carboxylic acids is 1. The summed E-state index contributed by atoms with van der Waals surface area (Å²) in [4.78, 5) is 9.72. The Morgan fingerprint density at radius 1 is 1.29 bits per heavy atom. The number of isocyanates is 1. The predicted molar refractivity (Wildman–Crippen MR) is 57.0 cm³/mol. The van der Waals surface area contributed by atoms with E-state index in [0.717, 1.165) is 6.08 Å². The summed E-state index contributed by atoms with van der Waals surface area (Å²) in [5.41, 5.74) is 0. The summed E-state index contributed by atoms with van der Waals surface area (Å²) in [7, 11) is -2.61. The van der Waals surface area contributed by atoms with Gasteiger partial charge in [-0.25, -0.2) is 4.79 Å². The van der Waals surface area contributed by atoms with Crippen LogP contribution in [-0.2, 0) is 19.6 Å². The Hall–Kier alpha value is -1.57. The number of hydrogen-bond donors (Lipinski definition) is 2. The van der Waals surface area contributed by atoms with E-state index in [0.29, 0.717) is 0 Å². The second-order valence-electron chi connectivity index (χ2n) is 2.53. The molecule has 0 unspecified atom stereocenters. The topological polar surface area (TPSA) is 113 Å². The smallest absolute Gasteiger partial charge is 0.292 e. The molecule has 1 aromatic rings. The number of ether oxygens (including phenoxy) is 1. The number of rotatable bonds is 3. The van der Waals surface area contributed by atoms with E-state index in [2.05, 4.69) is 9.13 Å². The minimum atomic E-state index is -3.81. The number of sulfonamides is 1. The average Bonchev–Trinajstić information content (AvgIpc) is 2.31. The second kappa shape index (κ2) is 7.66. The van der Waals surface area contributed by atoms with E-state index in [1.54, 1.807) is 18.2 Å². The first-order valence-corrected chi connectivity index (χ1v) is 5.66. The van der Waals surface area contributed by atoms with E-state index >= 15 is 0 Å². The van der Waals surface area contributed by atoms with Crippen molar-refractivity contribution in [2.24, 2.45) is 4.40 Å². The van der Waals surface area contributed by atoms with Crippen molar-refractivity contribution in [3.8, 4) is 0 Å². The van der Waals surface area contributed by atoms with E-state index in [1.807, 2.05) is 0 Å². The highest BCUT2D eigenvalue weighted by atomic mass is 32.2. The van der Waals surface area contributed by atoms with Crippen LogP contribution in [0.4, 0.5) is 0 Å². The zero-order valence-corrected chi connectivity index (χ0v) is 9.66. The lowest BCUT2D eigenvalue weighted by Gasteiger charge is -1.92. The van der Waals surface area contributed by atoms with Gasteiger partial charge in [0.2, 0.25) is 0 Å². The molecule has 0 aromatic heterocycles. The highest BCUT2D eigenvalue weighted by Crippen LogP contribution is 2.09. The maximum Gasteiger partial charge on any atom is 0.292 e. The van der Waals surface area contributed by atoms with Crippen molar-refractivity contribution < 1.29 is 28.2 Å². The molecular formula is C9H11NO6S. The lowest BCUT2D eigenvalue weighted by atomic mass is 10.4. The first-order chi connectivity index (χ1) is 7.94. The van der Waals surface area contributed by atoms with Crippen molar-refractivity contribution in [3.05, 3.63) is 30.3 Å². The van der Waals surface area contributed by atoms with Gasteiger partial charge in [-0.3, -0.25) is 0 Å². The van der Waals surface area contributed by atoms with Crippen LogP contribution in [0.2, 0.25) is 0 Å². The van der Waals surface area contributed by atoms with E-state index in [9.17, 15) is 13.2 Å². The maximum absolute atomic E-state index is 11.0. The summed E-state index contributed by atoms with van der Waals surface area (Å²) in [5, 5.41) is 15.4. The van der Waals surface area contributed by atoms with Gasteiger partial charge in [0, 0.05) is 7.11 Å². The molecule has 94 valence electrons. The van der Waals surface area contributed by atoms with E-state index in [1.165, 1.54) is 19.2 Å². The van der Waals surface area contributed by atoms with Gasteiger partial charge in [-0.15, -0.1) is 0 Å². The standard InChI is InChI=1S/C7H5NO3S.C2H6O3/c9-6-8-12(10,11)7-4-2-1-3-5-7;1-5-2(3)4/h1-5H;2-4H,1H3. The van der Waals surface area contributed by atoms with Gasteiger partial charge in [-0.05, 0) is 12.1 Å². The zero-order chi connectivity index (χ0) is 13.3. The molecule has 0 atom stereocenters. The Labute approximate surface area is 98.1 Å². The van der Waals surface area contributed by atoms with Crippen LogP contribution >= 0.6 is 0 Å². The molecule has 0 heterocycles. The molecule has 1 aromatic carbocycles. The van der Waals surface area contributed by atoms with Crippen LogP contribution in [0, 0.1) is 0 Å². The van der Waals surface area contributed by atoms with Crippen LogP contribution in [0.15, 0.2) is 39.6 Å². The summed E-state index contributed by atoms with van der Waals surface area (Å²) in [6, 6.07) is 7.48. The Morgan fingerprint density at radius 3 is 2.12 bits per heavy atom. The summed E-state index contributed by atoms with van der Waals surface area (Å²) in [6.45, 7) is -1.62. The molecule has 1 rings (SSSR count). The molecule has 0 bridgehead atoms.